The van der Waals surface area contributed by atoms with Crippen LogP contribution in [0.15, 0.2) is 267 Å². The first-order valence-corrected chi connectivity index (χ1v) is 37.8. The predicted octanol–water partition coefficient (Wildman–Crippen LogP) is 24.9. The van der Waals surface area contributed by atoms with E-state index in [0.29, 0.717) is 11.1 Å². The number of hydrogen-bond acceptors (Lipinski definition) is 4. The predicted molar refractivity (Wildman–Crippen MR) is 454 cm³/mol. The van der Waals surface area contributed by atoms with Crippen LogP contribution >= 0.6 is 0 Å². The third-order valence-corrected chi connectivity index (χ3v) is 22.7. The largest absolute Gasteiger partial charge is 0.310 e. The molecule has 0 unspecified atom stereocenters. The van der Waals surface area contributed by atoms with Crippen molar-refractivity contribution >= 4 is 101 Å². The molecule has 4 heterocycles. The van der Waals surface area contributed by atoms with Crippen molar-refractivity contribution in [3.63, 3.8) is 0 Å². The van der Waals surface area contributed by atoms with E-state index >= 15 is 0 Å². The molecule has 0 saturated heterocycles. The normalized spacial score (nSPS) is 13.1. The summed E-state index contributed by atoms with van der Waals surface area (Å²) in [6.07, 6.45) is 0. The molecular weight excluding hydrogens is 1300 g/mol. The van der Waals surface area contributed by atoms with Gasteiger partial charge in [0.15, 0.2) is 0 Å². The summed E-state index contributed by atoms with van der Waals surface area (Å²) in [5.74, 6) is 0. The highest BCUT2D eigenvalue weighted by molar-refractivity contribution is 7.00. The molecule has 2 aliphatic heterocycles. The number of nitriles is 2. The van der Waals surface area contributed by atoms with E-state index in [1.54, 1.807) is 0 Å². The van der Waals surface area contributed by atoms with Gasteiger partial charge in [-0.25, -0.2) is 0 Å². The van der Waals surface area contributed by atoms with Gasteiger partial charge in [-0.2, -0.15) is 10.5 Å². The van der Waals surface area contributed by atoms with Crippen LogP contribution in [0.5, 0.6) is 0 Å². The second-order valence-corrected chi connectivity index (χ2v) is 34.9. The molecule has 0 amide bonds. The van der Waals surface area contributed by atoms with Gasteiger partial charge in [-0.15, -0.1) is 0 Å². The number of benzene rings is 13. The Morgan fingerprint density at radius 3 is 0.860 bits per heavy atom. The first-order chi connectivity index (χ1) is 51.1. The number of fused-ring (bicyclic) bond motifs is 10. The van der Waals surface area contributed by atoms with Crippen LogP contribution in [0.3, 0.4) is 0 Å². The van der Waals surface area contributed by atoms with Gasteiger partial charge in [0.05, 0.1) is 56.7 Å². The maximum Gasteiger partial charge on any atom is 0.252 e. The molecule has 13 aromatic carbocycles. The van der Waals surface area contributed by atoms with E-state index in [0.717, 1.165) is 134 Å². The Hall–Kier alpha value is -11.9. The van der Waals surface area contributed by atoms with Gasteiger partial charge in [-0.05, 0) is 215 Å². The molecule has 0 N–H and O–H groups in total. The lowest BCUT2D eigenvalue weighted by atomic mass is 9.33. The van der Waals surface area contributed by atoms with E-state index in [2.05, 4.69) is 390 Å². The molecule has 15 aromatic rings. The van der Waals surface area contributed by atoms with Crippen LogP contribution in [-0.4, -0.2) is 15.8 Å². The number of aromatic nitrogens is 2. The second-order valence-electron chi connectivity index (χ2n) is 34.9. The Kier molecular flexibility index (Phi) is 15.9. The van der Waals surface area contributed by atoms with Gasteiger partial charge in [0.25, 0.3) is 6.71 Å². The fourth-order valence-electron chi connectivity index (χ4n) is 16.8. The maximum atomic E-state index is 10.6. The Morgan fingerprint density at radius 1 is 0.271 bits per heavy atom. The average molecular weight is 1390 g/mol. The SMILES string of the molecule is CC(C)(C)c1cc(-c2ccccc2)c(N2c3cc(-n4c5ccc(C#N)cc5c5cc(C(C)(C)C)ccc54)ccc3B3c4ccc(-n5c6ccc(C#N)cc6c6cc(C(C)(C)C)ccc65)cc4N(c4c(-c5ccccc5)cc(C(C)(C)C)cc4-c4ccccc4)c4cc(C(C)(C)C)cc2c43)c(-c2ccccc2)c1. The van der Waals surface area contributed by atoms with E-state index in [9.17, 15) is 10.5 Å². The van der Waals surface area contributed by atoms with Crippen LogP contribution in [-0.2, 0) is 27.1 Å². The minimum atomic E-state index is -0.377. The monoisotopic (exact) mass is 1380 g/mol. The Labute approximate surface area is 631 Å². The van der Waals surface area contributed by atoms with Gasteiger partial charge < -0.3 is 18.9 Å². The molecule has 2 aromatic heterocycles. The summed E-state index contributed by atoms with van der Waals surface area (Å²) in [4.78, 5) is 5.38. The molecule has 6 nitrogen and oxygen atoms in total. The highest BCUT2D eigenvalue weighted by Crippen LogP contribution is 2.56. The topological polar surface area (TPSA) is 63.9 Å². The first-order valence-electron chi connectivity index (χ1n) is 37.8. The van der Waals surface area contributed by atoms with Crippen molar-refractivity contribution < 1.29 is 0 Å². The number of anilines is 6. The van der Waals surface area contributed by atoms with Crippen LogP contribution in [0.25, 0.3) is 99.5 Å². The van der Waals surface area contributed by atoms with Crippen LogP contribution < -0.4 is 26.2 Å². The summed E-state index contributed by atoms with van der Waals surface area (Å²) < 4.78 is 4.89. The van der Waals surface area contributed by atoms with Crippen LogP contribution in [0.4, 0.5) is 34.1 Å². The molecule has 17 rings (SSSR count). The Morgan fingerprint density at radius 2 is 0.561 bits per heavy atom. The smallest absolute Gasteiger partial charge is 0.252 e. The maximum absolute atomic E-state index is 10.6. The average Bonchev–Trinajstić information content (AvgIpc) is 1.09. The molecule has 0 radical (unpaired) electrons. The molecule has 522 valence electrons. The van der Waals surface area contributed by atoms with Crippen molar-refractivity contribution in [2.24, 2.45) is 0 Å². The van der Waals surface area contributed by atoms with Gasteiger partial charge in [-0.3, -0.25) is 0 Å². The standard InChI is InChI=1S/C100H89BN6/c1-96(2,3)68-38-46-87-81(50-68)79-48-62(60-102)36-44-85(79)104(87)73-40-42-83-89(58-73)106(94-75(64-28-20-16-21-29-64)52-70(98(7,8)9)53-76(94)65-30-22-17-23-31-65)91-56-72(100(13,14)15)57-92-93(91)101(83)84-43-41-74(105-86-45-37-63(61-103)49-80(86)82-51-69(97(4,5)6)39-47-88(82)105)59-90(84)107(92)95-77(66-32-24-18-25-33-66)54-71(99(10,11)12)55-78(95)67-34-26-19-27-35-67/h16-59H,1-15H3. The fourth-order valence-corrected chi connectivity index (χ4v) is 16.8. The van der Waals surface area contributed by atoms with Crippen molar-refractivity contribution in [2.45, 2.75) is 131 Å². The van der Waals surface area contributed by atoms with Crippen LogP contribution in [0.2, 0.25) is 0 Å². The molecule has 7 heteroatoms. The molecular formula is C100H89BN6. The third kappa shape index (κ3) is 11.4. The van der Waals surface area contributed by atoms with Gasteiger partial charge in [0, 0.05) is 77.9 Å². The van der Waals surface area contributed by atoms with E-state index in [4.69, 9.17) is 0 Å². The summed E-state index contributed by atoms with van der Waals surface area (Å²) in [6, 6.07) is 105. The van der Waals surface area contributed by atoms with E-state index < -0.39 is 0 Å². The van der Waals surface area contributed by atoms with E-state index in [1.165, 1.54) is 44.2 Å². The van der Waals surface area contributed by atoms with Gasteiger partial charge in [0.1, 0.15) is 0 Å². The molecule has 107 heavy (non-hydrogen) atoms. The van der Waals surface area contributed by atoms with Crippen molar-refractivity contribution in [1.82, 2.24) is 9.13 Å². The lowest BCUT2D eigenvalue weighted by Gasteiger charge is -2.47. The third-order valence-electron chi connectivity index (χ3n) is 22.7. The zero-order chi connectivity index (χ0) is 74.5. The van der Waals surface area contributed by atoms with Crippen molar-refractivity contribution in [3.8, 4) is 68.0 Å². The molecule has 0 aliphatic carbocycles. The zero-order valence-corrected chi connectivity index (χ0v) is 64.2. The second kappa shape index (κ2) is 24.9. The van der Waals surface area contributed by atoms with Gasteiger partial charge in [0.2, 0.25) is 0 Å². The highest BCUT2D eigenvalue weighted by Gasteiger charge is 2.47. The molecule has 0 spiro atoms. The first kappa shape index (κ1) is 68.2. The Balaban J connectivity index is 1.07. The van der Waals surface area contributed by atoms with Crippen molar-refractivity contribution in [2.75, 3.05) is 9.80 Å². The lowest BCUT2D eigenvalue weighted by molar-refractivity contribution is 0.590. The molecule has 2 aliphatic rings. The summed E-state index contributed by atoms with van der Waals surface area (Å²) >= 11 is 0. The number of rotatable bonds is 8. The zero-order valence-electron chi connectivity index (χ0n) is 64.2. The Bertz CT molecular complexity index is 5730. The molecule has 0 fully saturated rings. The summed E-state index contributed by atoms with van der Waals surface area (Å²) in [6.45, 7) is 34.5. The highest BCUT2D eigenvalue weighted by atomic mass is 15.2. The summed E-state index contributed by atoms with van der Waals surface area (Å²) in [5, 5.41) is 25.5. The molecule has 0 saturated carbocycles. The number of hydrogen-bond donors (Lipinski definition) is 0. The van der Waals surface area contributed by atoms with Gasteiger partial charge >= 0.3 is 0 Å². The summed E-state index contributed by atoms with van der Waals surface area (Å²) in [5.41, 5.74) is 31.7. The molecule has 0 bridgehead atoms. The lowest BCUT2D eigenvalue weighted by Crippen LogP contribution is -2.61. The van der Waals surface area contributed by atoms with E-state index in [1.807, 2.05) is 12.1 Å². The van der Waals surface area contributed by atoms with Crippen LogP contribution in [0.1, 0.15) is 143 Å². The minimum absolute atomic E-state index is 0.119. The van der Waals surface area contributed by atoms with Crippen molar-refractivity contribution in [1.29, 1.82) is 10.5 Å². The number of nitrogens with zero attached hydrogens (tertiary/aromatic N) is 6. The quantitative estimate of drug-likeness (QED) is 0.142. The minimum Gasteiger partial charge on any atom is -0.310 e. The van der Waals surface area contributed by atoms with Crippen LogP contribution in [0, 0.1) is 22.7 Å². The van der Waals surface area contributed by atoms with Gasteiger partial charge in [-0.1, -0.05) is 249 Å². The van der Waals surface area contributed by atoms with Crippen molar-refractivity contribution in [3.05, 3.63) is 306 Å². The summed E-state index contributed by atoms with van der Waals surface area (Å²) in [7, 11) is 0. The molecule has 0 atom stereocenters. The van der Waals surface area contributed by atoms with E-state index in [-0.39, 0.29) is 33.8 Å². The fraction of sp³-hybridized carbons (Fsp3) is 0.200.